The average molecular weight is 299 g/mol. The Balaban J connectivity index is 3.08. The lowest BCUT2D eigenvalue weighted by Crippen LogP contribution is -2.09. The normalized spacial score (nSPS) is 11.7. The molecule has 0 aliphatic rings. The summed E-state index contributed by atoms with van der Waals surface area (Å²) >= 11 is 0. The molecule has 0 aromatic heterocycles. The number of hydrogen-bond acceptors (Lipinski definition) is 4. The number of phenols is 1. The third-order valence-corrected chi connectivity index (χ3v) is 3.23. The first-order valence-electron chi connectivity index (χ1n) is 7.53. The van der Waals surface area contributed by atoms with Gasteiger partial charge in [-0.05, 0) is 56.0 Å². The second kappa shape index (κ2) is 8.82. The van der Waals surface area contributed by atoms with Crippen molar-refractivity contribution < 1.29 is 5.11 Å². The van der Waals surface area contributed by atoms with Crippen molar-refractivity contribution in [2.45, 2.75) is 40.0 Å². The minimum atomic E-state index is 0.226. The minimum absolute atomic E-state index is 0.226. The summed E-state index contributed by atoms with van der Waals surface area (Å²) in [5.74, 6) is 0.229. The Morgan fingerprint density at radius 1 is 1.45 bits per heavy atom. The maximum Gasteiger partial charge on any atom is 0.143 e. The Morgan fingerprint density at radius 2 is 2.18 bits per heavy atom. The maximum absolute atomic E-state index is 10.4. The maximum atomic E-state index is 10.4. The van der Waals surface area contributed by atoms with E-state index in [-0.39, 0.29) is 11.5 Å². The van der Waals surface area contributed by atoms with Crippen LogP contribution in [-0.4, -0.2) is 16.5 Å². The lowest BCUT2D eigenvalue weighted by molar-refractivity contribution is 0.469. The number of aryl methyl sites for hydroxylation is 2. The molecule has 0 saturated carbocycles. The summed E-state index contributed by atoms with van der Waals surface area (Å²) in [5.41, 5.74) is 6.11. The van der Waals surface area contributed by atoms with Gasteiger partial charge in [-0.1, -0.05) is 32.1 Å². The highest BCUT2D eigenvalue weighted by Gasteiger charge is 2.09. The molecule has 0 atom stereocenters. The van der Waals surface area contributed by atoms with Gasteiger partial charge in [0.1, 0.15) is 11.5 Å². The van der Waals surface area contributed by atoms with E-state index in [1.54, 1.807) is 12.2 Å². The first-order chi connectivity index (χ1) is 10.5. The van der Waals surface area contributed by atoms with Gasteiger partial charge in [-0.2, -0.15) is 5.10 Å². The first kappa shape index (κ1) is 17.7. The smallest absolute Gasteiger partial charge is 0.143 e. The molecule has 1 aromatic rings. The molecule has 3 N–H and O–H groups in total. The molecule has 0 bridgehead atoms. The van der Waals surface area contributed by atoms with Crippen molar-refractivity contribution in [1.29, 1.82) is 5.41 Å². The molecule has 118 valence electrons. The van der Waals surface area contributed by atoms with Crippen molar-refractivity contribution in [2.24, 2.45) is 5.10 Å². The molecule has 0 amide bonds. The van der Waals surface area contributed by atoms with Crippen LogP contribution in [0.2, 0.25) is 0 Å². The second-order valence-corrected chi connectivity index (χ2v) is 5.15. The quantitative estimate of drug-likeness (QED) is 0.373. The van der Waals surface area contributed by atoms with E-state index in [9.17, 15) is 5.11 Å². The molecule has 0 saturated heterocycles. The van der Waals surface area contributed by atoms with Crippen LogP contribution in [0.3, 0.4) is 0 Å². The molecule has 0 radical (unpaired) electrons. The number of benzene rings is 1. The zero-order valence-corrected chi connectivity index (χ0v) is 13.6. The molecule has 0 fully saturated rings. The highest BCUT2D eigenvalue weighted by molar-refractivity contribution is 6.49. The van der Waals surface area contributed by atoms with Crippen LogP contribution >= 0.6 is 0 Å². The van der Waals surface area contributed by atoms with E-state index in [1.165, 1.54) is 6.08 Å². The summed E-state index contributed by atoms with van der Waals surface area (Å²) < 4.78 is 0. The first-order valence-corrected chi connectivity index (χ1v) is 7.53. The van der Waals surface area contributed by atoms with Crippen LogP contribution in [0.25, 0.3) is 0 Å². The van der Waals surface area contributed by atoms with E-state index in [0.29, 0.717) is 11.4 Å². The number of nitrogens with one attached hydrogen (secondary N) is 2. The summed E-state index contributed by atoms with van der Waals surface area (Å²) in [6.45, 7) is 9.56. The predicted octanol–water partition coefficient (Wildman–Crippen LogP) is 4.59. The standard InChI is InChI=1S/C18H25N3O/c1-5-8-10-14-11-13(4)12-17(18(14)22)21-20-16(9-6-2)15(19)7-3/h6-7,9,11-12,19,21-22H,3,5,8,10H2,1-2,4H3/b9-6-,19-15?,20-16-. The zero-order valence-electron chi connectivity index (χ0n) is 13.6. The summed E-state index contributed by atoms with van der Waals surface area (Å²) in [6.07, 6.45) is 7.92. The number of aromatic hydroxyl groups is 1. The van der Waals surface area contributed by atoms with E-state index < -0.39 is 0 Å². The number of unbranched alkanes of at least 4 members (excludes halogenated alkanes) is 1. The van der Waals surface area contributed by atoms with Gasteiger partial charge >= 0.3 is 0 Å². The Labute approximate surface area is 132 Å². The zero-order chi connectivity index (χ0) is 16.5. The summed E-state index contributed by atoms with van der Waals surface area (Å²) in [7, 11) is 0. The highest BCUT2D eigenvalue weighted by Crippen LogP contribution is 2.30. The molecule has 0 unspecified atom stereocenters. The molecule has 4 nitrogen and oxygen atoms in total. The summed E-state index contributed by atoms with van der Waals surface area (Å²) in [5, 5.41) is 22.3. The van der Waals surface area contributed by atoms with E-state index >= 15 is 0 Å². The second-order valence-electron chi connectivity index (χ2n) is 5.15. The average Bonchev–Trinajstić information content (AvgIpc) is 2.51. The molecule has 22 heavy (non-hydrogen) atoms. The highest BCUT2D eigenvalue weighted by atomic mass is 16.3. The fourth-order valence-electron chi connectivity index (χ4n) is 2.07. The van der Waals surface area contributed by atoms with E-state index in [2.05, 4.69) is 24.0 Å². The molecule has 4 heteroatoms. The Morgan fingerprint density at radius 3 is 2.77 bits per heavy atom. The molecule has 1 rings (SSSR count). The van der Waals surface area contributed by atoms with Crippen molar-refractivity contribution >= 4 is 17.1 Å². The van der Waals surface area contributed by atoms with Crippen LogP contribution in [0.5, 0.6) is 5.75 Å². The Kier molecular flexibility index (Phi) is 7.09. The number of nitrogens with zero attached hydrogens (tertiary/aromatic N) is 1. The monoisotopic (exact) mass is 299 g/mol. The molecular weight excluding hydrogens is 274 g/mol. The molecule has 0 heterocycles. The van der Waals surface area contributed by atoms with Crippen molar-refractivity contribution in [3.63, 3.8) is 0 Å². The molecule has 1 aromatic carbocycles. The van der Waals surface area contributed by atoms with Gasteiger partial charge in [0.15, 0.2) is 0 Å². The van der Waals surface area contributed by atoms with Crippen molar-refractivity contribution in [3.8, 4) is 5.75 Å². The van der Waals surface area contributed by atoms with Gasteiger partial charge in [0.05, 0.1) is 11.4 Å². The van der Waals surface area contributed by atoms with Gasteiger partial charge in [0, 0.05) is 0 Å². The van der Waals surface area contributed by atoms with Crippen LogP contribution in [0, 0.1) is 12.3 Å². The number of hydrogen-bond donors (Lipinski definition) is 3. The van der Waals surface area contributed by atoms with Crippen LogP contribution in [0.1, 0.15) is 37.8 Å². The van der Waals surface area contributed by atoms with Crippen LogP contribution in [-0.2, 0) is 6.42 Å². The van der Waals surface area contributed by atoms with E-state index in [1.807, 2.05) is 26.0 Å². The van der Waals surface area contributed by atoms with Crippen LogP contribution in [0.15, 0.2) is 42.0 Å². The fourth-order valence-corrected chi connectivity index (χ4v) is 2.07. The van der Waals surface area contributed by atoms with Gasteiger partial charge in [0.2, 0.25) is 0 Å². The lowest BCUT2D eigenvalue weighted by atomic mass is 10.0. The molecule has 0 aliphatic heterocycles. The SMILES string of the molecule is C=CC(=N)C(/C=C\C)=N\Nc1cc(C)cc(CCCC)c1O. The van der Waals surface area contributed by atoms with Gasteiger partial charge in [-0.25, -0.2) is 0 Å². The minimum Gasteiger partial charge on any atom is -0.505 e. The number of rotatable bonds is 8. The van der Waals surface area contributed by atoms with Gasteiger partial charge in [-0.3, -0.25) is 10.8 Å². The van der Waals surface area contributed by atoms with E-state index in [0.717, 1.165) is 30.4 Å². The molecular formula is C18H25N3O. The lowest BCUT2D eigenvalue weighted by Gasteiger charge is -2.11. The van der Waals surface area contributed by atoms with Gasteiger partial charge < -0.3 is 5.11 Å². The topological polar surface area (TPSA) is 68.5 Å². The molecule has 0 spiro atoms. The van der Waals surface area contributed by atoms with Gasteiger partial charge in [-0.15, -0.1) is 0 Å². The fraction of sp³-hybridized carbons (Fsp3) is 0.333. The van der Waals surface area contributed by atoms with E-state index in [4.69, 9.17) is 5.41 Å². The Bertz CT molecular complexity index is 601. The number of hydrazone groups is 1. The summed E-state index contributed by atoms with van der Waals surface area (Å²) in [4.78, 5) is 0. The third-order valence-electron chi connectivity index (χ3n) is 3.23. The van der Waals surface area contributed by atoms with Crippen LogP contribution in [0.4, 0.5) is 5.69 Å². The number of phenolic OH excluding ortho intramolecular Hbond substituents is 1. The van der Waals surface area contributed by atoms with Crippen molar-refractivity contribution in [2.75, 3.05) is 5.43 Å². The van der Waals surface area contributed by atoms with Crippen LogP contribution < -0.4 is 5.43 Å². The number of allylic oxidation sites excluding steroid dienone is 3. The third kappa shape index (κ3) is 4.88. The molecule has 0 aliphatic carbocycles. The van der Waals surface area contributed by atoms with Crippen molar-refractivity contribution in [3.05, 3.63) is 48.1 Å². The largest absolute Gasteiger partial charge is 0.505 e. The predicted molar refractivity (Wildman–Crippen MR) is 95.3 cm³/mol. The number of anilines is 1. The van der Waals surface area contributed by atoms with Gasteiger partial charge in [0.25, 0.3) is 0 Å². The van der Waals surface area contributed by atoms with Crippen molar-refractivity contribution in [1.82, 2.24) is 0 Å². The summed E-state index contributed by atoms with van der Waals surface area (Å²) in [6, 6.07) is 3.84. The Hall–Kier alpha value is -2.36.